The number of halogens is 2. The van der Waals surface area contributed by atoms with E-state index < -0.39 is 14.9 Å². The van der Waals surface area contributed by atoms with Crippen molar-refractivity contribution in [1.29, 1.82) is 0 Å². The lowest BCUT2D eigenvalue weighted by atomic mass is 10.1. The summed E-state index contributed by atoms with van der Waals surface area (Å²) in [7, 11) is 1.25. The monoisotopic (exact) mass is 303 g/mol. The maximum Gasteiger partial charge on any atom is 0.296 e. The molecule has 0 radical (unpaired) electrons. The van der Waals surface area contributed by atoms with Crippen molar-refractivity contribution in [2.45, 2.75) is 25.5 Å². The molecule has 19 heavy (non-hydrogen) atoms. The van der Waals surface area contributed by atoms with Crippen LogP contribution in [-0.4, -0.2) is 23.2 Å². The van der Waals surface area contributed by atoms with Crippen molar-refractivity contribution in [2.75, 3.05) is 0 Å². The first-order valence-corrected chi connectivity index (χ1v) is 7.80. The molecule has 2 aromatic rings. The Labute approximate surface area is 114 Å². The van der Waals surface area contributed by atoms with Crippen molar-refractivity contribution < 1.29 is 12.8 Å². The van der Waals surface area contributed by atoms with Crippen molar-refractivity contribution in [3.63, 3.8) is 0 Å². The second kappa shape index (κ2) is 4.90. The molecule has 0 fully saturated rings. The van der Waals surface area contributed by atoms with Gasteiger partial charge in [0.15, 0.2) is 5.82 Å². The van der Waals surface area contributed by atoms with Gasteiger partial charge in [-0.05, 0) is 31.5 Å². The first-order valence-electron chi connectivity index (χ1n) is 5.49. The standard InChI is InChI=1S/C11H11ClFN3O2S/c1-3-16-10(14-15-11(16)19(12,17)18)8-5-4-7(2)6-9(8)13/h4-6H,3H2,1-2H3. The molecule has 0 atom stereocenters. The summed E-state index contributed by atoms with van der Waals surface area (Å²) in [4.78, 5) is 0. The van der Waals surface area contributed by atoms with E-state index >= 15 is 0 Å². The highest BCUT2D eigenvalue weighted by Gasteiger charge is 2.23. The third-order valence-corrected chi connectivity index (χ3v) is 3.77. The number of benzene rings is 1. The van der Waals surface area contributed by atoms with Gasteiger partial charge in [0.05, 0.1) is 5.56 Å². The highest BCUT2D eigenvalue weighted by molar-refractivity contribution is 8.13. The van der Waals surface area contributed by atoms with Gasteiger partial charge < -0.3 is 0 Å². The van der Waals surface area contributed by atoms with Crippen LogP contribution in [0.15, 0.2) is 23.4 Å². The summed E-state index contributed by atoms with van der Waals surface area (Å²) in [5, 5.41) is 6.87. The third kappa shape index (κ3) is 2.62. The summed E-state index contributed by atoms with van der Waals surface area (Å²) in [6.45, 7) is 3.72. The molecule has 0 unspecified atom stereocenters. The number of nitrogens with zero attached hydrogens (tertiary/aromatic N) is 3. The van der Waals surface area contributed by atoms with E-state index in [2.05, 4.69) is 10.2 Å². The van der Waals surface area contributed by atoms with Crippen LogP contribution in [0.1, 0.15) is 12.5 Å². The molecule has 0 aliphatic heterocycles. The minimum atomic E-state index is -4.01. The maximum atomic E-state index is 13.9. The molecule has 0 saturated heterocycles. The zero-order valence-corrected chi connectivity index (χ0v) is 11.8. The molecule has 0 aliphatic carbocycles. The third-order valence-electron chi connectivity index (χ3n) is 2.62. The predicted octanol–water partition coefficient (Wildman–Crippen LogP) is 2.34. The molecular weight excluding hydrogens is 293 g/mol. The van der Waals surface area contributed by atoms with Crippen LogP contribution in [0.3, 0.4) is 0 Å². The van der Waals surface area contributed by atoms with Gasteiger partial charge in [-0.15, -0.1) is 10.2 Å². The molecule has 8 heteroatoms. The molecule has 0 bridgehead atoms. The Hall–Kier alpha value is -1.47. The van der Waals surface area contributed by atoms with E-state index in [1.165, 1.54) is 16.7 Å². The minimum absolute atomic E-state index is 0.138. The summed E-state index contributed by atoms with van der Waals surface area (Å²) in [5.74, 6) is -0.347. The van der Waals surface area contributed by atoms with Crippen LogP contribution < -0.4 is 0 Å². The highest BCUT2D eigenvalue weighted by Crippen LogP contribution is 2.25. The molecule has 1 aromatic heterocycles. The number of aromatic nitrogens is 3. The predicted molar refractivity (Wildman–Crippen MR) is 68.9 cm³/mol. The van der Waals surface area contributed by atoms with E-state index in [0.29, 0.717) is 0 Å². The Morgan fingerprint density at radius 3 is 2.58 bits per heavy atom. The lowest BCUT2D eigenvalue weighted by molar-refractivity contribution is 0.581. The average molecular weight is 304 g/mol. The van der Waals surface area contributed by atoms with Crippen molar-refractivity contribution in [3.05, 3.63) is 29.6 Å². The van der Waals surface area contributed by atoms with Gasteiger partial charge >= 0.3 is 0 Å². The summed E-state index contributed by atoms with van der Waals surface area (Å²) < 4.78 is 37.8. The number of aryl methyl sites for hydroxylation is 1. The van der Waals surface area contributed by atoms with E-state index in [1.807, 2.05) is 0 Å². The van der Waals surface area contributed by atoms with Crippen molar-refractivity contribution in [2.24, 2.45) is 0 Å². The number of hydrogen-bond acceptors (Lipinski definition) is 4. The van der Waals surface area contributed by atoms with Gasteiger partial charge in [0.25, 0.3) is 14.2 Å². The van der Waals surface area contributed by atoms with Gasteiger partial charge in [0.1, 0.15) is 5.82 Å². The van der Waals surface area contributed by atoms with E-state index in [-0.39, 0.29) is 23.1 Å². The smallest absolute Gasteiger partial charge is 0.296 e. The quantitative estimate of drug-likeness (QED) is 0.816. The van der Waals surface area contributed by atoms with Crippen LogP contribution in [0.4, 0.5) is 4.39 Å². The molecule has 2 rings (SSSR count). The number of rotatable bonds is 3. The second-order valence-electron chi connectivity index (χ2n) is 3.97. The summed E-state index contributed by atoms with van der Waals surface area (Å²) in [5.41, 5.74) is 0.945. The van der Waals surface area contributed by atoms with E-state index in [9.17, 15) is 12.8 Å². The van der Waals surface area contributed by atoms with E-state index in [4.69, 9.17) is 10.7 Å². The average Bonchev–Trinajstić information content (AvgIpc) is 2.72. The van der Waals surface area contributed by atoms with Crippen LogP contribution in [0.2, 0.25) is 0 Å². The Balaban J connectivity index is 2.67. The fraction of sp³-hybridized carbons (Fsp3) is 0.273. The van der Waals surface area contributed by atoms with Crippen LogP contribution in [0, 0.1) is 12.7 Å². The van der Waals surface area contributed by atoms with Gasteiger partial charge in [-0.1, -0.05) is 6.07 Å². The van der Waals surface area contributed by atoms with Crippen LogP contribution >= 0.6 is 10.7 Å². The Morgan fingerprint density at radius 1 is 1.37 bits per heavy atom. The second-order valence-corrected chi connectivity index (χ2v) is 6.43. The molecule has 0 saturated carbocycles. The van der Waals surface area contributed by atoms with Crippen LogP contribution in [0.25, 0.3) is 11.4 Å². The molecule has 0 amide bonds. The van der Waals surface area contributed by atoms with Gasteiger partial charge in [-0.25, -0.2) is 12.8 Å². The SMILES string of the molecule is CCn1c(-c2ccc(C)cc2F)nnc1S(=O)(=O)Cl. The summed E-state index contributed by atoms with van der Waals surface area (Å²) in [6, 6.07) is 4.59. The molecular formula is C11H11ClFN3O2S. The topological polar surface area (TPSA) is 64.8 Å². The Kier molecular flexibility index (Phi) is 3.60. The molecule has 1 heterocycles. The van der Waals surface area contributed by atoms with E-state index in [0.717, 1.165) is 5.56 Å². The van der Waals surface area contributed by atoms with E-state index in [1.54, 1.807) is 19.9 Å². The van der Waals surface area contributed by atoms with Gasteiger partial charge in [0, 0.05) is 17.2 Å². The van der Waals surface area contributed by atoms with Crippen molar-refractivity contribution >= 4 is 19.7 Å². The molecule has 5 nitrogen and oxygen atoms in total. The fourth-order valence-corrected chi connectivity index (χ4v) is 2.71. The van der Waals surface area contributed by atoms with Crippen molar-refractivity contribution in [1.82, 2.24) is 14.8 Å². The minimum Gasteiger partial charge on any atom is -0.297 e. The first-order chi connectivity index (χ1) is 8.84. The summed E-state index contributed by atoms with van der Waals surface area (Å²) in [6.07, 6.45) is 0. The Morgan fingerprint density at radius 2 is 2.05 bits per heavy atom. The van der Waals surface area contributed by atoms with Gasteiger partial charge in [0.2, 0.25) is 0 Å². The van der Waals surface area contributed by atoms with Crippen LogP contribution in [-0.2, 0) is 15.6 Å². The largest absolute Gasteiger partial charge is 0.297 e. The fourth-order valence-electron chi connectivity index (χ4n) is 1.75. The van der Waals surface area contributed by atoms with Crippen LogP contribution in [0.5, 0.6) is 0 Å². The first kappa shape index (κ1) is 14.0. The zero-order chi connectivity index (χ0) is 14.2. The van der Waals surface area contributed by atoms with Gasteiger partial charge in [-0.3, -0.25) is 4.57 Å². The van der Waals surface area contributed by atoms with Crippen molar-refractivity contribution in [3.8, 4) is 11.4 Å². The number of hydrogen-bond donors (Lipinski definition) is 0. The summed E-state index contributed by atoms with van der Waals surface area (Å²) >= 11 is 0. The van der Waals surface area contributed by atoms with Gasteiger partial charge in [-0.2, -0.15) is 0 Å². The molecule has 1 aromatic carbocycles. The molecule has 0 spiro atoms. The molecule has 0 N–H and O–H groups in total. The normalized spacial score (nSPS) is 11.8. The highest BCUT2D eigenvalue weighted by atomic mass is 35.7. The molecule has 102 valence electrons. The Bertz CT molecular complexity index is 728. The molecule has 0 aliphatic rings. The zero-order valence-electron chi connectivity index (χ0n) is 10.3. The maximum absolute atomic E-state index is 13.9. The lowest BCUT2D eigenvalue weighted by Crippen LogP contribution is -2.06. The lowest BCUT2D eigenvalue weighted by Gasteiger charge is -2.07.